The molecule has 7 nitrogen and oxygen atoms in total. The molecular formula is C27H36N4O3. The summed E-state index contributed by atoms with van der Waals surface area (Å²) in [6.07, 6.45) is 5.06. The van der Waals surface area contributed by atoms with Gasteiger partial charge in [0.05, 0.1) is 18.0 Å². The van der Waals surface area contributed by atoms with Crippen LogP contribution in [0.3, 0.4) is 0 Å². The molecule has 4 rings (SSSR count). The zero-order valence-electron chi connectivity index (χ0n) is 20.2. The van der Waals surface area contributed by atoms with E-state index in [1.165, 1.54) is 0 Å². The number of pyridine rings is 1. The van der Waals surface area contributed by atoms with Gasteiger partial charge in [-0.3, -0.25) is 14.6 Å². The molecule has 2 aliphatic rings. The van der Waals surface area contributed by atoms with Crippen molar-refractivity contribution in [2.45, 2.75) is 52.1 Å². The summed E-state index contributed by atoms with van der Waals surface area (Å²) in [6, 6.07) is 13.5. The van der Waals surface area contributed by atoms with E-state index in [9.17, 15) is 14.7 Å². The Morgan fingerprint density at radius 2 is 1.79 bits per heavy atom. The molecule has 0 bridgehead atoms. The molecule has 0 unspecified atom stereocenters. The molecule has 7 heteroatoms. The lowest BCUT2D eigenvalue weighted by Crippen LogP contribution is -2.45. The molecule has 1 spiro atoms. The lowest BCUT2D eigenvalue weighted by atomic mass is 9.77. The van der Waals surface area contributed by atoms with Crippen molar-refractivity contribution >= 4 is 11.8 Å². The molecule has 182 valence electrons. The number of rotatable bonds is 8. The van der Waals surface area contributed by atoms with Crippen molar-refractivity contribution in [1.82, 2.24) is 20.1 Å². The van der Waals surface area contributed by atoms with E-state index in [4.69, 9.17) is 0 Å². The molecule has 0 saturated carbocycles. The van der Waals surface area contributed by atoms with E-state index >= 15 is 0 Å². The van der Waals surface area contributed by atoms with Crippen molar-refractivity contribution in [3.05, 3.63) is 59.9 Å². The largest absolute Gasteiger partial charge is 0.506 e. The monoisotopic (exact) mass is 464 g/mol. The van der Waals surface area contributed by atoms with Crippen LogP contribution in [0.25, 0.3) is 0 Å². The fourth-order valence-electron chi connectivity index (χ4n) is 5.10. The van der Waals surface area contributed by atoms with Gasteiger partial charge in [-0.15, -0.1) is 0 Å². The maximum atomic E-state index is 13.3. The minimum absolute atomic E-state index is 0.0124. The summed E-state index contributed by atoms with van der Waals surface area (Å²) in [5.41, 5.74) is 1.40. The summed E-state index contributed by atoms with van der Waals surface area (Å²) < 4.78 is 0. The maximum absolute atomic E-state index is 13.3. The van der Waals surface area contributed by atoms with Gasteiger partial charge in [0.25, 0.3) is 0 Å². The van der Waals surface area contributed by atoms with Crippen LogP contribution in [-0.2, 0) is 16.1 Å². The van der Waals surface area contributed by atoms with E-state index in [1.807, 2.05) is 36.9 Å². The number of hydrogen-bond acceptors (Lipinski definition) is 5. The van der Waals surface area contributed by atoms with Crippen molar-refractivity contribution in [3.8, 4) is 5.75 Å². The maximum Gasteiger partial charge on any atom is 0.229 e. The number of aromatic hydroxyl groups is 1. The summed E-state index contributed by atoms with van der Waals surface area (Å²) in [6.45, 7) is 7.56. The summed E-state index contributed by atoms with van der Waals surface area (Å²) in [5.74, 6) is 0.361. The molecule has 1 aromatic heterocycles. The number of carbonyl (C=O) groups is 2. The molecule has 3 heterocycles. The van der Waals surface area contributed by atoms with Crippen molar-refractivity contribution < 1.29 is 14.7 Å². The first-order valence-electron chi connectivity index (χ1n) is 12.4. The lowest BCUT2D eigenvalue weighted by molar-refractivity contribution is -0.139. The summed E-state index contributed by atoms with van der Waals surface area (Å²) in [5, 5.41) is 13.2. The first kappa shape index (κ1) is 24.2. The average molecular weight is 465 g/mol. The molecule has 0 radical (unpaired) electrons. The zero-order chi connectivity index (χ0) is 24.1. The van der Waals surface area contributed by atoms with E-state index in [1.54, 1.807) is 18.3 Å². The molecule has 1 atom stereocenters. The topological polar surface area (TPSA) is 85.8 Å². The van der Waals surface area contributed by atoms with Crippen LogP contribution in [0.1, 0.15) is 56.8 Å². The van der Waals surface area contributed by atoms with Gasteiger partial charge in [0.1, 0.15) is 11.4 Å². The number of nitrogens with one attached hydrogen (secondary N) is 1. The van der Waals surface area contributed by atoms with E-state index in [0.29, 0.717) is 18.8 Å². The number of amides is 2. The molecule has 34 heavy (non-hydrogen) atoms. The molecular weight excluding hydrogens is 428 g/mol. The molecule has 2 N–H and O–H groups in total. The Balaban J connectivity index is 1.32. The van der Waals surface area contributed by atoms with Crippen LogP contribution in [0, 0.1) is 11.3 Å². The second-order valence-electron chi connectivity index (χ2n) is 9.98. The van der Waals surface area contributed by atoms with Gasteiger partial charge in [0.2, 0.25) is 11.8 Å². The van der Waals surface area contributed by atoms with E-state index in [-0.39, 0.29) is 34.9 Å². The normalized spacial score (nSPS) is 19.0. The Morgan fingerprint density at radius 1 is 1.09 bits per heavy atom. The Labute approximate surface area is 202 Å². The minimum atomic E-state index is -0.286. The third-order valence-electron chi connectivity index (χ3n) is 7.40. The van der Waals surface area contributed by atoms with Crippen LogP contribution in [0.4, 0.5) is 0 Å². The fraction of sp³-hybridized carbons (Fsp3) is 0.519. The van der Waals surface area contributed by atoms with Crippen LogP contribution >= 0.6 is 0 Å². The van der Waals surface area contributed by atoms with E-state index in [0.717, 1.165) is 50.9 Å². The van der Waals surface area contributed by atoms with Crippen LogP contribution in [0.2, 0.25) is 0 Å². The van der Waals surface area contributed by atoms with Crippen molar-refractivity contribution in [2.24, 2.45) is 11.3 Å². The molecule has 2 saturated heterocycles. The molecule has 0 aliphatic carbocycles. The first-order chi connectivity index (χ1) is 16.4. The number of benzene rings is 1. The smallest absolute Gasteiger partial charge is 0.229 e. The predicted octanol–water partition coefficient (Wildman–Crippen LogP) is 3.51. The predicted molar refractivity (Wildman–Crippen MR) is 131 cm³/mol. The highest BCUT2D eigenvalue weighted by atomic mass is 16.3. The molecule has 2 aromatic rings. The second kappa shape index (κ2) is 10.6. The number of likely N-dealkylation sites (tertiary alicyclic amines) is 2. The fourth-order valence-corrected chi connectivity index (χ4v) is 5.10. The van der Waals surface area contributed by atoms with Gasteiger partial charge >= 0.3 is 0 Å². The highest BCUT2D eigenvalue weighted by Crippen LogP contribution is 2.42. The van der Waals surface area contributed by atoms with Gasteiger partial charge in [-0.2, -0.15) is 0 Å². The number of hydrogen-bond donors (Lipinski definition) is 2. The van der Waals surface area contributed by atoms with E-state index in [2.05, 4.69) is 27.3 Å². The third kappa shape index (κ3) is 5.41. The first-order valence-corrected chi connectivity index (χ1v) is 12.4. The van der Waals surface area contributed by atoms with Gasteiger partial charge < -0.3 is 20.2 Å². The number of carbonyl (C=O) groups excluding carboxylic acids is 2. The van der Waals surface area contributed by atoms with Crippen LogP contribution in [0.15, 0.2) is 48.7 Å². The number of piperidine rings is 1. The van der Waals surface area contributed by atoms with Crippen LogP contribution in [0.5, 0.6) is 5.75 Å². The van der Waals surface area contributed by atoms with Crippen LogP contribution < -0.4 is 5.32 Å². The van der Waals surface area contributed by atoms with Gasteiger partial charge in [-0.25, -0.2) is 0 Å². The standard InChI is InChI=1S/C27H36N4O3/c1-20(2)25(33)29-22(21-7-4-3-5-8-21)10-15-30-16-11-27(12-17-30)13-18-31(26(27)34)19-23-24(32)9-6-14-28-23/h3-9,14,20,22,32H,10-13,15-19H2,1-2H3,(H,29,33)/t22-/m0/s1. The quantitative estimate of drug-likeness (QED) is 0.625. The Kier molecular flexibility index (Phi) is 7.51. The van der Waals surface area contributed by atoms with Gasteiger partial charge in [-0.1, -0.05) is 44.2 Å². The Hall–Kier alpha value is -2.93. The Bertz CT molecular complexity index is 986. The zero-order valence-corrected chi connectivity index (χ0v) is 20.2. The summed E-state index contributed by atoms with van der Waals surface area (Å²) in [7, 11) is 0. The lowest BCUT2D eigenvalue weighted by Gasteiger charge is -2.38. The molecule has 2 aliphatic heterocycles. The number of aromatic nitrogens is 1. The summed E-state index contributed by atoms with van der Waals surface area (Å²) >= 11 is 0. The molecule has 1 aromatic carbocycles. The number of nitrogens with zero attached hydrogens (tertiary/aromatic N) is 3. The third-order valence-corrected chi connectivity index (χ3v) is 7.40. The van der Waals surface area contributed by atoms with Gasteiger partial charge in [-0.05, 0) is 56.5 Å². The average Bonchev–Trinajstić information content (AvgIpc) is 3.14. The van der Waals surface area contributed by atoms with Crippen molar-refractivity contribution in [1.29, 1.82) is 0 Å². The second-order valence-corrected chi connectivity index (χ2v) is 9.98. The van der Waals surface area contributed by atoms with Crippen molar-refractivity contribution in [2.75, 3.05) is 26.2 Å². The van der Waals surface area contributed by atoms with Crippen molar-refractivity contribution in [3.63, 3.8) is 0 Å². The highest BCUT2D eigenvalue weighted by molar-refractivity contribution is 5.85. The SMILES string of the molecule is CC(C)C(=O)N[C@@H](CCN1CCC2(CC1)CCN(Cc1ncccc1O)C2=O)c1ccccc1. The van der Waals surface area contributed by atoms with Gasteiger partial charge in [0.15, 0.2) is 0 Å². The minimum Gasteiger partial charge on any atom is -0.506 e. The summed E-state index contributed by atoms with van der Waals surface area (Å²) in [4.78, 5) is 34.2. The van der Waals surface area contributed by atoms with E-state index < -0.39 is 0 Å². The van der Waals surface area contributed by atoms with Gasteiger partial charge in [0, 0.05) is 25.2 Å². The highest BCUT2D eigenvalue weighted by Gasteiger charge is 2.48. The van der Waals surface area contributed by atoms with Crippen LogP contribution in [-0.4, -0.2) is 57.9 Å². The molecule has 2 amide bonds. The Morgan fingerprint density at radius 3 is 2.47 bits per heavy atom. The molecule has 2 fully saturated rings.